The van der Waals surface area contributed by atoms with E-state index in [2.05, 4.69) is 6.58 Å². The number of fused-ring (bicyclic) bond motifs is 2. The van der Waals surface area contributed by atoms with Crippen LogP contribution >= 0.6 is 0 Å². The van der Waals surface area contributed by atoms with Crippen LogP contribution < -0.4 is 0 Å². The molecule has 0 amide bonds. The molecule has 2 unspecified atom stereocenters. The molecule has 2 rings (SSSR count). The van der Waals surface area contributed by atoms with Gasteiger partial charge in [0.05, 0.1) is 25.2 Å². The molecule has 2 fully saturated rings. The molecule has 2 aliphatic heterocycles. The number of hydrogen-bond donors (Lipinski definition) is 0. The van der Waals surface area contributed by atoms with Crippen molar-refractivity contribution in [3.63, 3.8) is 0 Å². The molecular weight excluding hydrogens is 264 g/mol. The van der Waals surface area contributed by atoms with Gasteiger partial charge in [-0.3, -0.25) is 4.79 Å². The molecule has 2 heterocycles. The maximum absolute atomic E-state index is 11.6. The summed E-state index contributed by atoms with van der Waals surface area (Å²) in [4.78, 5) is 22.2. The third-order valence-corrected chi connectivity index (χ3v) is 3.41. The van der Waals surface area contributed by atoms with Gasteiger partial charge in [0.2, 0.25) is 0 Å². The van der Waals surface area contributed by atoms with Crippen molar-refractivity contribution in [1.82, 2.24) is 0 Å². The number of carbonyl (C=O) groups excluding carboxylic acids is 1. The van der Waals surface area contributed by atoms with Gasteiger partial charge in [-0.15, -0.1) is 0 Å². The second-order valence-electron chi connectivity index (χ2n) is 5.12. The maximum atomic E-state index is 11.6. The van der Waals surface area contributed by atoms with Gasteiger partial charge < -0.3 is 14.2 Å². The van der Waals surface area contributed by atoms with Crippen LogP contribution in [0.2, 0.25) is 0 Å². The van der Waals surface area contributed by atoms with Gasteiger partial charge in [0.25, 0.3) is 0 Å². The first-order valence-electron chi connectivity index (χ1n) is 7.00. The Balaban J connectivity index is 2.06. The lowest BCUT2D eigenvalue weighted by Crippen LogP contribution is -2.58. The van der Waals surface area contributed by atoms with Crippen LogP contribution in [-0.2, 0) is 28.8 Å². The zero-order valence-corrected chi connectivity index (χ0v) is 12.2. The minimum Gasteiger partial charge on any atom is -0.466 e. The molecule has 0 aromatic rings. The molecule has 114 valence electrons. The van der Waals surface area contributed by atoms with Crippen LogP contribution in [0.3, 0.4) is 0 Å². The highest BCUT2D eigenvalue weighted by atomic mass is 17.3. The second-order valence-corrected chi connectivity index (χ2v) is 5.12. The lowest BCUT2D eigenvalue weighted by molar-refractivity contribution is -0.582. The van der Waals surface area contributed by atoms with Gasteiger partial charge in [0, 0.05) is 12.8 Å². The first-order valence-corrected chi connectivity index (χ1v) is 7.00. The SMILES string of the molecule is C=C(C)[C@H]1OOC2(CC)OC1C[C@@H](CC(=O)OCC)O2. The van der Waals surface area contributed by atoms with Crippen molar-refractivity contribution in [2.45, 2.75) is 64.3 Å². The third kappa shape index (κ3) is 3.20. The molecule has 4 atom stereocenters. The van der Waals surface area contributed by atoms with Gasteiger partial charge >= 0.3 is 11.9 Å². The monoisotopic (exact) mass is 286 g/mol. The molecule has 0 radical (unpaired) electrons. The van der Waals surface area contributed by atoms with Crippen LogP contribution in [0.25, 0.3) is 0 Å². The Morgan fingerprint density at radius 1 is 1.40 bits per heavy atom. The minimum atomic E-state index is -1.23. The van der Waals surface area contributed by atoms with Crippen molar-refractivity contribution >= 4 is 5.97 Å². The number of ether oxygens (including phenoxy) is 3. The normalized spacial score (nSPS) is 36.5. The minimum absolute atomic E-state index is 0.182. The zero-order chi connectivity index (χ0) is 14.8. The summed E-state index contributed by atoms with van der Waals surface area (Å²) in [5.41, 5.74) is 0.816. The predicted molar refractivity (Wildman–Crippen MR) is 69.4 cm³/mol. The van der Waals surface area contributed by atoms with Gasteiger partial charge in [-0.05, 0) is 19.4 Å². The molecule has 2 bridgehead atoms. The van der Waals surface area contributed by atoms with Gasteiger partial charge in [-0.2, -0.15) is 4.89 Å². The third-order valence-electron chi connectivity index (χ3n) is 3.41. The van der Waals surface area contributed by atoms with E-state index in [4.69, 9.17) is 24.0 Å². The molecule has 2 saturated heterocycles. The molecule has 0 saturated carbocycles. The summed E-state index contributed by atoms with van der Waals surface area (Å²) in [6.45, 7) is 9.73. The topological polar surface area (TPSA) is 63.2 Å². The first kappa shape index (κ1) is 15.4. The number of hydrogen-bond acceptors (Lipinski definition) is 6. The van der Waals surface area contributed by atoms with Crippen LogP contribution in [0.5, 0.6) is 0 Å². The van der Waals surface area contributed by atoms with Crippen molar-refractivity contribution < 1.29 is 28.8 Å². The van der Waals surface area contributed by atoms with E-state index < -0.39 is 5.97 Å². The summed E-state index contributed by atoms with van der Waals surface area (Å²) in [5.74, 6) is -1.51. The molecular formula is C14H22O6. The Morgan fingerprint density at radius 2 is 2.15 bits per heavy atom. The quantitative estimate of drug-likeness (QED) is 0.438. The molecule has 6 nitrogen and oxygen atoms in total. The molecule has 0 aromatic heterocycles. The van der Waals surface area contributed by atoms with Crippen LogP contribution in [0.15, 0.2) is 12.2 Å². The van der Waals surface area contributed by atoms with Gasteiger partial charge in [-0.25, -0.2) is 4.89 Å². The van der Waals surface area contributed by atoms with E-state index in [9.17, 15) is 4.79 Å². The van der Waals surface area contributed by atoms with E-state index in [1.54, 1.807) is 6.92 Å². The standard InChI is InChI=1S/C14H22O6/c1-5-14-17-10(8-12(15)16-6-2)7-11(18-14)13(9(3)4)19-20-14/h10-11,13H,3,5-8H2,1-2,4H3/t10-,11?,13+,14?/m0/s1. The maximum Gasteiger partial charge on any atom is 0.312 e. The summed E-state index contributed by atoms with van der Waals surface area (Å²) in [6, 6.07) is 0. The highest BCUT2D eigenvalue weighted by molar-refractivity contribution is 5.69. The summed E-state index contributed by atoms with van der Waals surface area (Å²) >= 11 is 0. The fraction of sp³-hybridized carbons (Fsp3) is 0.786. The summed E-state index contributed by atoms with van der Waals surface area (Å²) in [5, 5.41) is 0. The fourth-order valence-corrected chi connectivity index (χ4v) is 2.44. The molecule has 20 heavy (non-hydrogen) atoms. The second kappa shape index (κ2) is 6.22. The van der Waals surface area contributed by atoms with Crippen LogP contribution in [0.4, 0.5) is 0 Å². The van der Waals surface area contributed by atoms with Crippen LogP contribution in [0.1, 0.15) is 40.0 Å². The average molecular weight is 286 g/mol. The van der Waals surface area contributed by atoms with Gasteiger partial charge in [0.1, 0.15) is 6.10 Å². The van der Waals surface area contributed by atoms with Crippen LogP contribution in [0, 0.1) is 0 Å². The van der Waals surface area contributed by atoms with Crippen molar-refractivity contribution in [2.24, 2.45) is 0 Å². The lowest BCUT2D eigenvalue weighted by Gasteiger charge is -2.48. The molecule has 0 aliphatic carbocycles. The van der Waals surface area contributed by atoms with Crippen molar-refractivity contribution in [3.05, 3.63) is 12.2 Å². The summed E-state index contributed by atoms with van der Waals surface area (Å²) < 4.78 is 16.5. The van der Waals surface area contributed by atoms with E-state index >= 15 is 0 Å². The largest absolute Gasteiger partial charge is 0.466 e. The van der Waals surface area contributed by atoms with E-state index in [1.807, 2.05) is 13.8 Å². The van der Waals surface area contributed by atoms with Crippen molar-refractivity contribution in [3.8, 4) is 0 Å². The van der Waals surface area contributed by atoms with E-state index in [0.717, 1.165) is 5.57 Å². The molecule has 6 heteroatoms. The average Bonchev–Trinajstić information content (AvgIpc) is 2.38. The van der Waals surface area contributed by atoms with Crippen molar-refractivity contribution in [2.75, 3.05) is 6.61 Å². The Labute approximate surface area is 118 Å². The van der Waals surface area contributed by atoms with Gasteiger partial charge in [-0.1, -0.05) is 13.5 Å². The van der Waals surface area contributed by atoms with E-state index in [-0.39, 0.29) is 30.7 Å². The van der Waals surface area contributed by atoms with E-state index in [1.165, 1.54) is 0 Å². The Kier molecular flexibility index (Phi) is 4.80. The Hall–Kier alpha value is -0.950. The first-order chi connectivity index (χ1) is 9.49. The van der Waals surface area contributed by atoms with Crippen molar-refractivity contribution in [1.29, 1.82) is 0 Å². The fourth-order valence-electron chi connectivity index (χ4n) is 2.44. The Morgan fingerprint density at radius 3 is 2.75 bits per heavy atom. The molecule has 0 aromatic carbocycles. The van der Waals surface area contributed by atoms with E-state index in [0.29, 0.717) is 19.4 Å². The lowest BCUT2D eigenvalue weighted by atomic mass is 9.98. The highest BCUT2D eigenvalue weighted by Crippen LogP contribution is 2.40. The number of rotatable bonds is 5. The summed E-state index contributed by atoms with van der Waals surface area (Å²) in [6.07, 6.45) is 0.311. The highest BCUT2D eigenvalue weighted by Gasteiger charge is 2.51. The molecule has 2 aliphatic rings. The number of esters is 1. The smallest absolute Gasteiger partial charge is 0.312 e. The Bertz CT molecular complexity index is 382. The zero-order valence-electron chi connectivity index (χ0n) is 12.2. The van der Waals surface area contributed by atoms with Gasteiger partial charge in [0.15, 0.2) is 0 Å². The molecule has 0 spiro atoms. The van der Waals surface area contributed by atoms with Crippen LogP contribution in [-0.4, -0.2) is 36.9 Å². The molecule has 0 N–H and O–H groups in total. The predicted octanol–water partition coefficient (Wildman–Crippen LogP) is 2.08. The summed E-state index contributed by atoms with van der Waals surface area (Å²) in [7, 11) is 0. The number of carbonyl (C=O) groups is 1.